The maximum absolute atomic E-state index is 12.3. The summed E-state index contributed by atoms with van der Waals surface area (Å²) in [5.41, 5.74) is 5.87. The lowest BCUT2D eigenvalue weighted by Crippen LogP contribution is -2.42. The Balaban J connectivity index is 1.56. The average molecular weight is 395 g/mol. The minimum atomic E-state index is -0.612. The molecule has 0 radical (unpaired) electrons. The predicted molar refractivity (Wildman–Crippen MR) is 116 cm³/mol. The molecule has 2 amide bonds. The first-order valence-corrected chi connectivity index (χ1v) is 9.97. The third-order valence-electron chi connectivity index (χ3n) is 5.48. The van der Waals surface area contributed by atoms with E-state index in [9.17, 15) is 9.59 Å². The Kier molecular flexibility index (Phi) is 6.54. The van der Waals surface area contributed by atoms with Gasteiger partial charge in [0, 0.05) is 32.4 Å². The van der Waals surface area contributed by atoms with Crippen LogP contribution < -0.4 is 15.5 Å². The average Bonchev–Trinajstić information content (AvgIpc) is 3.07. The van der Waals surface area contributed by atoms with Gasteiger partial charge >= 0.3 is 11.8 Å². The van der Waals surface area contributed by atoms with Gasteiger partial charge in [-0.15, -0.1) is 0 Å². The van der Waals surface area contributed by atoms with Gasteiger partial charge in [0.05, 0.1) is 6.04 Å². The molecule has 1 unspecified atom stereocenters. The molecule has 1 aliphatic heterocycles. The number of hydrogen-bond acceptors (Lipinski definition) is 4. The van der Waals surface area contributed by atoms with Gasteiger partial charge in [0.2, 0.25) is 0 Å². The van der Waals surface area contributed by atoms with Crippen LogP contribution in [-0.2, 0) is 22.6 Å². The summed E-state index contributed by atoms with van der Waals surface area (Å²) in [4.78, 5) is 28.7. The van der Waals surface area contributed by atoms with Crippen molar-refractivity contribution >= 4 is 17.5 Å². The number of carbonyl (C=O) groups excluding carboxylic acids is 2. The molecule has 1 heterocycles. The van der Waals surface area contributed by atoms with Crippen LogP contribution in [0.15, 0.2) is 42.5 Å². The van der Waals surface area contributed by atoms with E-state index >= 15 is 0 Å². The fourth-order valence-electron chi connectivity index (χ4n) is 3.63. The quantitative estimate of drug-likeness (QED) is 0.736. The van der Waals surface area contributed by atoms with Crippen LogP contribution in [0.25, 0.3) is 0 Å². The molecule has 0 spiro atoms. The van der Waals surface area contributed by atoms with Crippen molar-refractivity contribution in [2.45, 2.75) is 25.9 Å². The van der Waals surface area contributed by atoms with E-state index in [0.717, 1.165) is 29.7 Å². The molecule has 3 rings (SSSR count). The van der Waals surface area contributed by atoms with Crippen LogP contribution in [-0.4, -0.2) is 50.9 Å². The van der Waals surface area contributed by atoms with Crippen LogP contribution in [0.5, 0.6) is 0 Å². The molecule has 0 bridgehead atoms. The van der Waals surface area contributed by atoms with Gasteiger partial charge in [0.25, 0.3) is 0 Å². The number of likely N-dealkylation sites (N-methyl/N-ethyl adjacent to an activating group) is 2. The number of hydrogen-bond donors (Lipinski definition) is 2. The number of anilines is 1. The van der Waals surface area contributed by atoms with Crippen molar-refractivity contribution in [2.24, 2.45) is 0 Å². The van der Waals surface area contributed by atoms with Crippen LogP contribution in [0.3, 0.4) is 0 Å². The van der Waals surface area contributed by atoms with Crippen LogP contribution >= 0.6 is 0 Å². The molecule has 2 aromatic carbocycles. The van der Waals surface area contributed by atoms with Gasteiger partial charge in [-0.1, -0.05) is 42.0 Å². The van der Waals surface area contributed by atoms with Gasteiger partial charge in [-0.25, -0.2) is 0 Å². The first-order chi connectivity index (χ1) is 13.8. The van der Waals surface area contributed by atoms with E-state index in [1.165, 1.54) is 11.3 Å². The Hall–Kier alpha value is -2.86. The third kappa shape index (κ3) is 5.15. The first kappa shape index (κ1) is 20.9. The summed E-state index contributed by atoms with van der Waals surface area (Å²) in [6.45, 7) is 3.75. The molecule has 0 saturated carbocycles. The van der Waals surface area contributed by atoms with Gasteiger partial charge in [-0.2, -0.15) is 0 Å². The van der Waals surface area contributed by atoms with Crippen molar-refractivity contribution in [1.29, 1.82) is 0 Å². The highest BCUT2D eigenvalue weighted by Gasteiger charge is 2.22. The van der Waals surface area contributed by atoms with E-state index in [0.29, 0.717) is 13.1 Å². The summed E-state index contributed by atoms with van der Waals surface area (Å²) in [5.74, 6) is -1.22. The Morgan fingerprint density at radius 2 is 1.76 bits per heavy atom. The van der Waals surface area contributed by atoms with Gasteiger partial charge in [0.15, 0.2) is 0 Å². The Morgan fingerprint density at radius 3 is 2.45 bits per heavy atom. The van der Waals surface area contributed by atoms with E-state index in [4.69, 9.17) is 0 Å². The summed E-state index contributed by atoms with van der Waals surface area (Å²) < 4.78 is 0. The molecule has 0 saturated heterocycles. The molecule has 2 N–H and O–H groups in total. The van der Waals surface area contributed by atoms with Crippen molar-refractivity contribution in [3.8, 4) is 0 Å². The molecule has 29 heavy (non-hydrogen) atoms. The first-order valence-electron chi connectivity index (χ1n) is 9.97. The number of benzene rings is 2. The minimum absolute atomic E-state index is 0.0000506. The van der Waals surface area contributed by atoms with Crippen molar-refractivity contribution < 1.29 is 9.59 Å². The molecule has 154 valence electrons. The van der Waals surface area contributed by atoms with Crippen LogP contribution in [0.2, 0.25) is 0 Å². The molecular weight excluding hydrogens is 364 g/mol. The number of rotatable bonds is 6. The molecule has 6 nitrogen and oxygen atoms in total. The minimum Gasteiger partial charge on any atom is -0.374 e. The van der Waals surface area contributed by atoms with Crippen molar-refractivity contribution in [3.05, 3.63) is 64.7 Å². The number of amides is 2. The zero-order valence-electron chi connectivity index (χ0n) is 17.7. The Bertz CT molecular complexity index is 877. The largest absolute Gasteiger partial charge is 0.374 e. The summed E-state index contributed by atoms with van der Waals surface area (Å²) in [6, 6.07) is 14.3. The Morgan fingerprint density at radius 1 is 1.07 bits per heavy atom. The lowest BCUT2D eigenvalue weighted by atomic mass is 10.0. The smallest absolute Gasteiger partial charge is 0.309 e. The fraction of sp³-hybridized carbons (Fsp3) is 0.391. The monoisotopic (exact) mass is 394 g/mol. The normalized spacial score (nSPS) is 13.9. The molecule has 0 aromatic heterocycles. The van der Waals surface area contributed by atoms with Gasteiger partial charge < -0.3 is 20.4 Å². The summed E-state index contributed by atoms with van der Waals surface area (Å²) in [7, 11) is 6.06. The maximum Gasteiger partial charge on any atom is 0.309 e. The zero-order valence-corrected chi connectivity index (χ0v) is 17.7. The number of nitrogens with zero attached hydrogens (tertiary/aromatic N) is 2. The molecule has 1 aliphatic rings. The number of carbonyl (C=O) groups is 2. The second-order valence-corrected chi connectivity index (χ2v) is 7.92. The van der Waals surface area contributed by atoms with Crippen molar-refractivity contribution in [1.82, 2.24) is 15.5 Å². The van der Waals surface area contributed by atoms with Crippen LogP contribution in [0.1, 0.15) is 28.3 Å². The lowest BCUT2D eigenvalue weighted by Gasteiger charge is -2.26. The molecule has 0 aliphatic carbocycles. The van der Waals surface area contributed by atoms with Crippen LogP contribution in [0, 0.1) is 6.92 Å². The molecule has 6 heteroatoms. The molecular formula is C23H30N4O2. The Labute approximate surface area is 172 Å². The van der Waals surface area contributed by atoms with Crippen molar-refractivity contribution in [2.75, 3.05) is 39.1 Å². The van der Waals surface area contributed by atoms with Crippen molar-refractivity contribution in [3.63, 3.8) is 0 Å². The molecule has 0 fully saturated rings. The van der Waals surface area contributed by atoms with E-state index in [1.807, 2.05) is 45.3 Å². The SMILES string of the molecule is Cc1ccc(CNC(=O)C(=O)NCC(c2ccc3c(c2)CCN3C)N(C)C)cc1. The second-order valence-electron chi connectivity index (χ2n) is 7.92. The highest BCUT2D eigenvalue weighted by atomic mass is 16.2. The van der Waals surface area contributed by atoms with Gasteiger partial charge in [-0.05, 0) is 50.2 Å². The zero-order chi connectivity index (χ0) is 21.0. The number of fused-ring (bicyclic) bond motifs is 1. The molecule has 1 atom stereocenters. The van der Waals surface area contributed by atoms with Gasteiger partial charge in [-0.3, -0.25) is 9.59 Å². The van der Waals surface area contributed by atoms with Gasteiger partial charge in [0.1, 0.15) is 0 Å². The topological polar surface area (TPSA) is 64.7 Å². The summed E-state index contributed by atoms with van der Waals surface area (Å²) in [6.07, 6.45) is 1.04. The summed E-state index contributed by atoms with van der Waals surface area (Å²) >= 11 is 0. The standard InChI is InChI=1S/C23H30N4O2/c1-16-5-7-17(8-6-16)14-24-22(28)23(29)25-15-21(26(2)3)18-9-10-20-19(13-18)11-12-27(20)4/h5-10,13,21H,11-12,14-15H2,1-4H3,(H,24,28)(H,25,29). The van der Waals surface area contributed by atoms with E-state index in [-0.39, 0.29) is 6.04 Å². The third-order valence-corrected chi connectivity index (χ3v) is 5.48. The highest BCUT2D eigenvalue weighted by Crippen LogP contribution is 2.30. The lowest BCUT2D eigenvalue weighted by molar-refractivity contribution is -0.139. The second kappa shape index (κ2) is 9.09. The highest BCUT2D eigenvalue weighted by molar-refractivity contribution is 6.35. The maximum atomic E-state index is 12.3. The predicted octanol–water partition coefficient (Wildman–Crippen LogP) is 2.02. The summed E-state index contributed by atoms with van der Waals surface area (Å²) in [5, 5.41) is 5.46. The van der Waals surface area contributed by atoms with E-state index in [1.54, 1.807) is 0 Å². The number of aryl methyl sites for hydroxylation is 1. The molecule has 2 aromatic rings. The van der Waals surface area contributed by atoms with E-state index in [2.05, 4.69) is 45.7 Å². The number of nitrogens with one attached hydrogen (secondary N) is 2. The van der Waals surface area contributed by atoms with Crippen LogP contribution in [0.4, 0.5) is 5.69 Å². The fourth-order valence-corrected chi connectivity index (χ4v) is 3.63. The van der Waals surface area contributed by atoms with E-state index < -0.39 is 11.8 Å².